The zero-order valence-electron chi connectivity index (χ0n) is 11.4. The molecule has 1 aliphatic rings. The molecule has 0 aliphatic carbocycles. The predicted molar refractivity (Wildman–Crippen MR) is 58.8 cm³/mol. The van der Waals surface area contributed by atoms with Crippen LogP contribution in [0.3, 0.4) is 0 Å². The molecule has 1 unspecified atom stereocenters. The summed E-state index contributed by atoms with van der Waals surface area (Å²) < 4.78 is 57.1. The Morgan fingerprint density at radius 2 is 1.57 bits per heavy atom. The van der Waals surface area contributed by atoms with Crippen LogP contribution >= 0.6 is 0 Å². The third-order valence-electron chi connectivity index (χ3n) is 2.68. The number of carbonyl (C=O) groups excluding carboxylic acids is 2. The Morgan fingerprint density at radius 1 is 1.10 bits per heavy atom. The highest BCUT2D eigenvalue weighted by molar-refractivity contribution is 5.67. The highest BCUT2D eigenvalue weighted by Crippen LogP contribution is 2.35. The van der Waals surface area contributed by atoms with Crippen molar-refractivity contribution in [3.8, 4) is 0 Å². The zero-order chi connectivity index (χ0) is 16.4. The molecule has 1 rings (SSSR count). The van der Waals surface area contributed by atoms with Crippen molar-refractivity contribution in [3.63, 3.8) is 0 Å². The van der Waals surface area contributed by atoms with Crippen molar-refractivity contribution < 1.29 is 46.8 Å². The van der Waals surface area contributed by atoms with Crippen LogP contribution < -0.4 is 0 Å². The zero-order valence-corrected chi connectivity index (χ0v) is 11.4. The maximum Gasteiger partial charge on any atom is 0.417 e. The van der Waals surface area contributed by atoms with Gasteiger partial charge in [0.1, 0.15) is 6.10 Å². The fraction of sp³-hybridized carbons (Fsp3) is 0.818. The molecule has 21 heavy (non-hydrogen) atoms. The topological polar surface area (TPSA) is 91.3 Å². The molecule has 1 fully saturated rings. The van der Waals surface area contributed by atoms with E-state index in [0.717, 1.165) is 21.0 Å². The van der Waals surface area contributed by atoms with Gasteiger partial charge >= 0.3 is 18.1 Å². The number of rotatable bonds is 3. The van der Waals surface area contributed by atoms with Crippen LogP contribution in [0.2, 0.25) is 0 Å². The normalized spacial score (nSPS) is 33.4. The first kappa shape index (κ1) is 17.7. The van der Waals surface area contributed by atoms with Gasteiger partial charge in [-0.15, -0.1) is 0 Å². The first-order valence-electron chi connectivity index (χ1n) is 5.85. The Balaban J connectivity index is 3.11. The van der Waals surface area contributed by atoms with E-state index in [9.17, 15) is 27.9 Å². The van der Waals surface area contributed by atoms with Gasteiger partial charge in [-0.2, -0.15) is 13.2 Å². The molecule has 0 aromatic carbocycles. The summed E-state index contributed by atoms with van der Waals surface area (Å²) in [5.41, 5.74) is 0. The van der Waals surface area contributed by atoms with Crippen molar-refractivity contribution in [2.45, 2.75) is 50.7 Å². The van der Waals surface area contributed by atoms with Crippen LogP contribution in [0, 0.1) is 0 Å². The van der Waals surface area contributed by atoms with Crippen LogP contribution in [-0.4, -0.2) is 61.0 Å². The predicted octanol–water partition coefficient (Wildman–Crippen LogP) is 0.144. The Hall–Kier alpha value is -1.39. The highest BCUT2D eigenvalue weighted by Gasteiger charge is 2.58. The molecule has 5 atom stereocenters. The Bertz CT molecular complexity index is 398. The summed E-state index contributed by atoms with van der Waals surface area (Å²) in [4.78, 5) is 22.0. The number of esters is 2. The van der Waals surface area contributed by atoms with E-state index in [1.807, 2.05) is 0 Å². The average Bonchev–Trinajstić information content (AvgIpc) is 2.31. The molecule has 7 nitrogen and oxygen atoms in total. The number of hydrogen-bond acceptors (Lipinski definition) is 7. The molecular formula is C11H15F3O7. The van der Waals surface area contributed by atoms with E-state index in [2.05, 4.69) is 14.2 Å². The van der Waals surface area contributed by atoms with Gasteiger partial charge in [-0.1, -0.05) is 0 Å². The van der Waals surface area contributed by atoms with Gasteiger partial charge in [0.25, 0.3) is 0 Å². The van der Waals surface area contributed by atoms with Crippen LogP contribution in [0.25, 0.3) is 0 Å². The molecule has 1 aliphatic heterocycles. The Morgan fingerprint density at radius 3 is 1.95 bits per heavy atom. The standard InChI is InChI=1S/C11H15F3O7/c1-4(15)19-7-6(17)9(11(12,13)14)21-10(18-3)8(7)20-5(2)16/h6-10,17H,1-3H3/t6-,7-,8-,9-,10?/m0/s1. The Kier molecular flexibility index (Phi) is 5.54. The summed E-state index contributed by atoms with van der Waals surface area (Å²) in [7, 11) is 1.02. The molecule has 10 heteroatoms. The molecule has 0 bridgehead atoms. The monoisotopic (exact) mass is 316 g/mol. The van der Waals surface area contributed by atoms with Crippen LogP contribution in [0.4, 0.5) is 13.2 Å². The van der Waals surface area contributed by atoms with Crippen LogP contribution in [0.1, 0.15) is 13.8 Å². The van der Waals surface area contributed by atoms with Gasteiger partial charge in [-0.05, 0) is 0 Å². The summed E-state index contributed by atoms with van der Waals surface area (Å²) >= 11 is 0. The van der Waals surface area contributed by atoms with E-state index in [4.69, 9.17) is 4.74 Å². The SMILES string of the molecule is COC1O[C@H](C(F)(F)F)[C@@H](O)[C@H](OC(C)=O)[C@@H]1OC(C)=O. The van der Waals surface area contributed by atoms with E-state index >= 15 is 0 Å². The lowest BCUT2D eigenvalue weighted by Crippen LogP contribution is -2.63. The number of aliphatic hydroxyl groups is 1. The average molecular weight is 316 g/mol. The third kappa shape index (κ3) is 4.29. The fourth-order valence-corrected chi connectivity index (χ4v) is 1.93. The van der Waals surface area contributed by atoms with Crippen molar-refractivity contribution in [2.75, 3.05) is 7.11 Å². The number of methoxy groups -OCH3 is 1. The minimum Gasteiger partial charge on any atom is -0.455 e. The largest absolute Gasteiger partial charge is 0.455 e. The number of ether oxygens (including phenoxy) is 4. The first-order valence-corrected chi connectivity index (χ1v) is 5.85. The number of hydrogen-bond donors (Lipinski definition) is 1. The number of carbonyl (C=O) groups is 2. The summed E-state index contributed by atoms with van der Waals surface area (Å²) in [5.74, 6) is -1.81. The highest BCUT2D eigenvalue weighted by atomic mass is 19.4. The van der Waals surface area contributed by atoms with Crippen LogP contribution in [-0.2, 0) is 28.5 Å². The maximum absolute atomic E-state index is 12.8. The second kappa shape index (κ2) is 6.58. The van der Waals surface area contributed by atoms with E-state index in [0.29, 0.717) is 0 Å². The number of aliphatic hydroxyl groups excluding tert-OH is 1. The maximum atomic E-state index is 12.8. The second-order valence-corrected chi connectivity index (χ2v) is 4.34. The molecule has 1 heterocycles. The lowest BCUT2D eigenvalue weighted by Gasteiger charge is -2.42. The minimum absolute atomic E-state index is 0.861. The van der Waals surface area contributed by atoms with Gasteiger partial charge in [0, 0.05) is 21.0 Å². The van der Waals surface area contributed by atoms with Gasteiger partial charge in [-0.3, -0.25) is 9.59 Å². The molecule has 122 valence electrons. The lowest BCUT2D eigenvalue weighted by molar-refractivity contribution is -0.351. The minimum atomic E-state index is -4.92. The van der Waals surface area contributed by atoms with Crippen LogP contribution in [0.5, 0.6) is 0 Å². The van der Waals surface area contributed by atoms with Crippen molar-refractivity contribution in [1.82, 2.24) is 0 Å². The van der Waals surface area contributed by atoms with Gasteiger partial charge < -0.3 is 24.1 Å². The number of halogens is 3. The van der Waals surface area contributed by atoms with Crippen molar-refractivity contribution in [2.24, 2.45) is 0 Å². The van der Waals surface area contributed by atoms with Crippen LogP contribution in [0.15, 0.2) is 0 Å². The lowest BCUT2D eigenvalue weighted by atomic mass is 9.98. The second-order valence-electron chi connectivity index (χ2n) is 4.34. The van der Waals surface area contributed by atoms with Crippen molar-refractivity contribution >= 4 is 11.9 Å². The summed E-state index contributed by atoms with van der Waals surface area (Å²) in [6.07, 6.45) is -14.8. The molecular weight excluding hydrogens is 301 g/mol. The molecule has 0 spiro atoms. The Labute approximate surface area is 117 Å². The molecule has 1 N–H and O–H groups in total. The summed E-state index contributed by atoms with van der Waals surface area (Å²) in [6.45, 7) is 1.94. The van der Waals surface area contributed by atoms with E-state index in [1.54, 1.807) is 0 Å². The number of alkyl halides is 3. The molecule has 0 radical (unpaired) electrons. The molecule has 0 amide bonds. The molecule has 0 aromatic heterocycles. The van der Waals surface area contributed by atoms with E-state index < -0.39 is 48.8 Å². The molecule has 0 aromatic rings. The van der Waals surface area contributed by atoms with Gasteiger partial charge in [0.05, 0.1) is 0 Å². The van der Waals surface area contributed by atoms with E-state index in [-0.39, 0.29) is 0 Å². The van der Waals surface area contributed by atoms with Crippen molar-refractivity contribution in [3.05, 3.63) is 0 Å². The fourth-order valence-electron chi connectivity index (χ4n) is 1.93. The smallest absolute Gasteiger partial charge is 0.417 e. The third-order valence-corrected chi connectivity index (χ3v) is 2.68. The first-order chi connectivity index (χ1) is 9.57. The van der Waals surface area contributed by atoms with Gasteiger partial charge in [-0.25, -0.2) is 0 Å². The van der Waals surface area contributed by atoms with Crippen molar-refractivity contribution in [1.29, 1.82) is 0 Å². The van der Waals surface area contributed by atoms with Gasteiger partial charge in [0.2, 0.25) is 0 Å². The molecule has 0 saturated carbocycles. The summed E-state index contributed by atoms with van der Waals surface area (Å²) in [5, 5.41) is 9.74. The van der Waals surface area contributed by atoms with Gasteiger partial charge in [0.15, 0.2) is 24.6 Å². The quantitative estimate of drug-likeness (QED) is 0.741. The van der Waals surface area contributed by atoms with E-state index in [1.165, 1.54) is 0 Å². The molecule has 1 saturated heterocycles. The summed E-state index contributed by atoms with van der Waals surface area (Å²) in [6, 6.07) is 0.